The van der Waals surface area contributed by atoms with Gasteiger partial charge in [-0.25, -0.2) is 4.68 Å². The topological polar surface area (TPSA) is 39.1 Å². The molecule has 1 heterocycles. The van der Waals surface area contributed by atoms with Gasteiger partial charge in [-0.05, 0) is 19.9 Å². The highest BCUT2D eigenvalue weighted by atomic mass is 16.5. The molecule has 1 N–H and O–H groups in total. The number of rotatable bonds is 6. The van der Waals surface area contributed by atoms with E-state index in [0.29, 0.717) is 0 Å². The number of ether oxygens (including phenoxy) is 1. The van der Waals surface area contributed by atoms with Crippen LogP contribution in [0.2, 0.25) is 0 Å². The summed E-state index contributed by atoms with van der Waals surface area (Å²) in [4.78, 5) is 0. The van der Waals surface area contributed by atoms with Crippen LogP contribution in [-0.2, 0) is 13.6 Å². The Morgan fingerprint density at radius 3 is 2.93 bits per heavy atom. The molecule has 84 valence electrons. The minimum absolute atomic E-state index is 0.788. The molecule has 0 fully saturated rings. The van der Waals surface area contributed by atoms with Gasteiger partial charge in [-0.1, -0.05) is 6.08 Å². The standard InChI is InChI=1S/C11H19N3O/c1-5-6-7-12-8-10-9(2)13-14(3)11(10)15-4/h5,12H,1,6-8H2,2-4H3. The average Bonchev–Trinajstić information content (AvgIpc) is 2.48. The minimum atomic E-state index is 0.788. The molecule has 0 aliphatic carbocycles. The van der Waals surface area contributed by atoms with E-state index < -0.39 is 0 Å². The predicted octanol–water partition coefficient (Wildman–Crippen LogP) is 1.40. The van der Waals surface area contributed by atoms with E-state index >= 15 is 0 Å². The second-order valence-electron chi connectivity index (χ2n) is 3.45. The highest BCUT2D eigenvalue weighted by Crippen LogP contribution is 2.20. The molecule has 0 saturated heterocycles. The zero-order valence-corrected chi connectivity index (χ0v) is 9.71. The van der Waals surface area contributed by atoms with E-state index in [4.69, 9.17) is 4.74 Å². The van der Waals surface area contributed by atoms with Crippen molar-refractivity contribution in [3.8, 4) is 5.88 Å². The lowest BCUT2D eigenvalue weighted by atomic mass is 10.2. The van der Waals surface area contributed by atoms with E-state index in [0.717, 1.165) is 36.6 Å². The second kappa shape index (κ2) is 5.56. The van der Waals surface area contributed by atoms with Crippen molar-refractivity contribution in [1.82, 2.24) is 15.1 Å². The first-order chi connectivity index (χ1) is 7.20. The fraction of sp³-hybridized carbons (Fsp3) is 0.545. The zero-order valence-electron chi connectivity index (χ0n) is 9.71. The molecule has 0 amide bonds. The van der Waals surface area contributed by atoms with Crippen molar-refractivity contribution in [2.24, 2.45) is 7.05 Å². The van der Waals surface area contributed by atoms with Gasteiger partial charge in [-0.2, -0.15) is 5.10 Å². The lowest BCUT2D eigenvalue weighted by Gasteiger charge is -2.05. The first-order valence-corrected chi connectivity index (χ1v) is 5.08. The van der Waals surface area contributed by atoms with Crippen LogP contribution in [-0.4, -0.2) is 23.4 Å². The Hall–Kier alpha value is -1.29. The fourth-order valence-corrected chi connectivity index (χ4v) is 1.56. The molecule has 0 unspecified atom stereocenters. The van der Waals surface area contributed by atoms with Gasteiger partial charge in [0.15, 0.2) is 0 Å². The summed E-state index contributed by atoms with van der Waals surface area (Å²) in [5.41, 5.74) is 2.14. The van der Waals surface area contributed by atoms with Crippen molar-refractivity contribution in [3.63, 3.8) is 0 Å². The zero-order chi connectivity index (χ0) is 11.3. The molecule has 4 heteroatoms. The van der Waals surface area contributed by atoms with Crippen molar-refractivity contribution < 1.29 is 4.74 Å². The van der Waals surface area contributed by atoms with Gasteiger partial charge in [0, 0.05) is 13.6 Å². The van der Waals surface area contributed by atoms with Crippen molar-refractivity contribution >= 4 is 0 Å². The highest BCUT2D eigenvalue weighted by Gasteiger charge is 2.12. The smallest absolute Gasteiger partial charge is 0.216 e. The normalized spacial score (nSPS) is 10.3. The Balaban J connectivity index is 2.62. The summed E-state index contributed by atoms with van der Waals surface area (Å²) in [5.74, 6) is 0.832. The van der Waals surface area contributed by atoms with Gasteiger partial charge in [0.1, 0.15) is 0 Å². The van der Waals surface area contributed by atoms with Crippen LogP contribution in [0.3, 0.4) is 0 Å². The average molecular weight is 209 g/mol. The van der Waals surface area contributed by atoms with E-state index in [-0.39, 0.29) is 0 Å². The summed E-state index contributed by atoms with van der Waals surface area (Å²) in [5, 5.41) is 7.64. The van der Waals surface area contributed by atoms with Crippen molar-refractivity contribution in [2.45, 2.75) is 19.9 Å². The van der Waals surface area contributed by atoms with Gasteiger partial charge in [-0.15, -0.1) is 6.58 Å². The molecular weight excluding hydrogens is 190 g/mol. The van der Waals surface area contributed by atoms with Gasteiger partial charge in [0.2, 0.25) is 5.88 Å². The van der Waals surface area contributed by atoms with Crippen molar-refractivity contribution in [2.75, 3.05) is 13.7 Å². The van der Waals surface area contributed by atoms with Gasteiger partial charge >= 0.3 is 0 Å². The molecule has 0 spiro atoms. The molecule has 0 bridgehead atoms. The SMILES string of the molecule is C=CCCNCc1c(C)nn(C)c1OC. The summed E-state index contributed by atoms with van der Waals surface area (Å²) < 4.78 is 7.06. The number of nitrogens with one attached hydrogen (secondary N) is 1. The maximum Gasteiger partial charge on any atom is 0.216 e. The van der Waals surface area contributed by atoms with Gasteiger partial charge in [0.05, 0.1) is 18.4 Å². The first kappa shape index (κ1) is 11.8. The minimum Gasteiger partial charge on any atom is -0.481 e. The lowest BCUT2D eigenvalue weighted by molar-refractivity contribution is 0.368. The molecule has 1 rings (SSSR count). The van der Waals surface area contributed by atoms with Crippen LogP contribution < -0.4 is 10.1 Å². The molecular formula is C11H19N3O. The number of aromatic nitrogens is 2. The largest absolute Gasteiger partial charge is 0.481 e. The van der Waals surface area contributed by atoms with E-state index in [1.54, 1.807) is 11.8 Å². The van der Waals surface area contributed by atoms with Crippen LogP contribution in [0.25, 0.3) is 0 Å². The molecule has 0 aromatic carbocycles. The first-order valence-electron chi connectivity index (χ1n) is 5.08. The Morgan fingerprint density at radius 1 is 1.60 bits per heavy atom. The number of methoxy groups -OCH3 is 1. The van der Waals surface area contributed by atoms with E-state index in [2.05, 4.69) is 17.0 Å². The summed E-state index contributed by atoms with van der Waals surface area (Å²) >= 11 is 0. The molecule has 1 aromatic rings. The Labute approximate surface area is 90.9 Å². The van der Waals surface area contributed by atoms with Crippen LogP contribution >= 0.6 is 0 Å². The number of nitrogens with zero attached hydrogens (tertiary/aromatic N) is 2. The third-order valence-electron chi connectivity index (χ3n) is 2.31. The maximum atomic E-state index is 5.29. The Morgan fingerprint density at radius 2 is 2.33 bits per heavy atom. The van der Waals surface area contributed by atoms with Gasteiger partial charge < -0.3 is 10.1 Å². The van der Waals surface area contributed by atoms with Gasteiger partial charge in [0.25, 0.3) is 0 Å². The number of hydrogen-bond donors (Lipinski definition) is 1. The summed E-state index contributed by atoms with van der Waals surface area (Å²) in [6.07, 6.45) is 2.88. The van der Waals surface area contributed by atoms with Crippen LogP contribution in [0.15, 0.2) is 12.7 Å². The van der Waals surface area contributed by atoms with Crippen LogP contribution in [0.5, 0.6) is 5.88 Å². The number of aryl methyl sites for hydroxylation is 2. The molecule has 4 nitrogen and oxygen atoms in total. The molecule has 0 saturated carbocycles. The van der Waals surface area contributed by atoms with Gasteiger partial charge in [-0.3, -0.25) is 0 Å². The summed E-state index contributed by atoms with van der Waals surface area (Å²) in [6.45, 7) is 7.39. The quantitative estimate of drug-likeness (QED) is 0.568. The van der Waals surface area contributed by atoms with E-state index in [1.165, 1.54) is 0 Å². The van der Waals surface area contributed by atoms with Crippen molar-refractivity contribution in [3.05, 3.63) is 23.9 Å². The predicted molar refractivity (Wildman–Crippen MR) is 61.0 cm³/mol. The maximum absolute atomic E-state index is 5.29. The third kappa shape index (κ3) is 2.83. The molecule has 15 heavy (non-hydrogen) atoms. The summed E-state index contributed by atoms with van der Waals surface area (Å²) in [7, 11) is 3.56. The lowest BCUT2D eigenvalue weighted by Crippen LogP contribution is -2.15. The fourth-order valence-electron chi connectivity index (χ4n) is 1.56. The van der Waals surface area contributed by atoms with E-state index in [1.807, 2.05) is 20.0 Å². The van der Waals surface area contributed by atoms with Crippen molar-refractivity contribution in [1.29, 1.82) is 0 Å². The number of hydrogen-bond acceptors (Lipinski definition) is 3. The molecule has 0 atom stereocenters. The van der Waals surface area contributed by atoms with E-state index in [9.17, 15) is 0 Å². The second-order valence-corrected chi connectivity index (χ2v) is 3.45. The molecule has 0 radical (unpaired) electrons. The van der Waals surface area contributed by atoms with Crippen LogP contribution in [0.4, 0.5) is 0 Å². The molecule has 1 aromatic heterocycles. The molecule has 0 aliphatic heterocycles. The Kier molecular flexibility index (Phi) is 4.37. The monoisotopic (exact) mass is 209 g/mol. The van der Waals surface area contributed by atoms with Crippen LogP contribution in [0, 0.1) is 6.92 Å². The Bertz CT molecular complexity index is 331. The molecule has 0 aliphatic rings. The highest BCUT2D eigenvalue weighted by molar-refractivity contribution is 5.30. The third-order valence-corrected chi connectivity index (χ3v) is 2.31. The van der Waals surface area contributed by atoms with Crippen LogP contribution in [0.1, 0.15) is 17.7 Å². The summed E-state index contributed by atoms with van der Waals surface area (Å²) in [6, 6.07) is 0.